The van der Waals surface area contributed by atoms with E-state index in [1.165, 1.54) is 0 Å². The summed E-state index contributed by atoms with van der Waals surface area (Å²) in [4.78, 5) is 16.3. The number of carboxylic acids is 1. The van der Waals surface area contributed by atoms with Crippen LogP contribution in [0, 0.1) is 0 Å². The summed E-state index contributed by atoms with van der Waals surface area (Å²) in [5.41, 5.74) is -0.656. The number of likely N-dealkylation sites (tertiary alicyclic amines) is 1. The van der Waals surface area contributed by atoms with Crippen LogP contribution in [-0.2, 0) is 4.79 Å². The summed E-state index contributed by atoms with van der Waals surface area (Å²) in [5.74, 6) is -0.646. The maximum atomic E-state index is 11.8. The van der Waals surface area contributed by atoms with Gasteiger partial charge in [0.05, 0.1) is 0 Å². The zero-order valence-corrected chi connectivity index (χ0v) is 11.5. The molecule has 5 heteroatoms. The molecule has 2 heterocycles. The van der Waals surface area contributed by atoms with Crippen LogP contribution in [0.2, 0.25) is 0 Å². The Labute approximate surface area is 109 Å². The van der Waals surface area contributed by atoms with E-state index < -0.39 is 11.5 Å². The molecule has 0 aliphatic carbocycles. The van der Waals surface area contributed by atoms with Gasteiger partial charge in [-0.05, 0) is 33.2 Å². The van der Waals surface area contributed by atoms with Gasteiger partial charge >= 0.3 is 5.97 Å². The van der Waals surface area contributed by atoms with Crippen molar-refractivity contribution in [2.75, 3.05) is 39.3 Å². The Bertz CT molecular complexity index is 301. The van der Waals surface area contributed by atoms with Crippen molar-refractivity contribution in [3.05, 3.63) is 0 Å². The standard InChI is InChI=1S/C13H25N3O2/c1-11(2)15-8-4-13(10-15,12(17)18)16-7-3-5-14-6-9-16/h11,14H,3-10H2,1-2H3,(H,17,18). The maximum Gasteiger partial charge on any atom is 0.325 e. The van der Waals surface area contributed by atoms with Gasteiger partial charge < -0.3 is 10.4 Å². The summed E-state index contributed by atoms with van der Waals surface area (Å²) in [6.45, 7) is 9.48. The van der Waals surface area contributed by atoms with Gasteiger partial charge in [-0.25, -0.2) is 0 Å². The molecule has 104 valence electrons. The molecule has 0 amide bonds. The number of rotatable bonds is 3. The quantitative estimate of drug-likeness (QED) is 0.755. The normalized spacial score (nSPS) is 31.7. The van der Waals surface area contributed by atoms with Crippen LogP contribution in [-0.4, -0.2) is 71.7 Å². The average molecular weight is 255 g/mol. The van der Waals surface area contributed by atoms with E-state index in [-0.39, 0.29) is 0 Å². The fourth-order valence-corrected chi connectivity index (χ4v) is 3.11. The van der Waals surface area contributed by atoms with Crippen LogP contribution < -0.4 is 5.32 Å². The van der Waals surface area contributed by atoms with E-state index in [9.17, 15) is 9.90 Å². The van der Waals surface area contributed by atoms with Crippen molar-refractivity contribution >= 4 is 5.97 Å². The third kappa shape index (κ3) is 2.53. The summed E-state index contributed by atoms with van der Waals surface area (Å²) in [7, 11) is 0. The zero-order valence-electron chi connectivity index (χ0n) is 11.5. The minimum absolute atomic E-state index is 0.427. The molecule has 0 spiro atoms. The highest BCUT2D eigenvalue weighted by Crippen LogP contribution is 2.30. The minimum atomic E-state index is -0.656. The Kier molecular flexibility index (Phi) is 4.25. The molecule has 5 nitrogen and oxygen atoms in total. The molecular formula is C13H25N3O2. The first-order valence-electron chi connectivity index (χ1n) is 6.99. The number of nitrogens with one attached hydrogen (secondary N) is 1. The molecule has 2 saturated heterocycles. The van der Waals surface area contributed by atoms with E-state index >= 15 is 0 Å². The van der Waals surface area contributed by atoms with Crippen LogP contribution in [0.1, 0.15) is 26.7 Å². The van der Waals surface area contributed by atoms with Gasteiger partial charge in [0, 0.05) is 38.8 Å². The van der Waals surface area contributed by atoms with Crippen LogP contribution in [0.25, 0.3) is 0 Å². The Balaban J connectivity index is 2.14. The van der Waals surface area contributed by atoms with Crippen molar-refractivity contribution in [3.8, 4) is 0 Å². The van der Waals surface area contributed by atoms with Gasteiger partial charge in [-0.1, -0.05) is 0 Å². The molecule has 2 N–H and O–H groups in total. The van der Waals surface area contributed by atoms with E-state index in [2.05, 4.69) is 29.0 Å². The van der Waals surface area contributed by atoms with E-state index in [4.69, 9.17) is 0 Å². The lowest BCUT2D eigenvalue weighted by atomic mass is 9.95. The molecular weight excluding hydrogens is 230 g/mol. The molecule has 18 heavy (non-hydrogen) atoms. The fraction of sp³-hybridized carbons (Fsp3) is 0.923. The number of aliphatic carboxylic acids is 1. The van der Waals surface area contributed by atoms with Crippen LogP contribution in [0.4, 0.5) is 0 Å². The molecule has 1 unspecified atom stereocenters. The molecule has 2 aliphatic rings. The van der Waals surface area contributed by atoms with Gasteiger partial charge in [-0.2, -0.15) is 0 Å². The summed E-state index contributed by atoms with van der Waals surface area (Å²) >= 11 is 0. The Morgan fingerprint density at radius 1 is 1.28 bits per heavy atom. The molecule has 2 fully saturated rings. The van der Waals surface area contributed by atoms with Crippen LogP contribution >= 0.6 is 0 Å². The molecule has 0 aromatic heterocycles. The maximum absolute atomic E-state index is 11.8. The molecule has 0 radical (unpaired) electrons. The number of hydrogen-bond acceptors (Lipinski definition) is 4. The van der Waals surface area contributed by atoms with Gasteiger partial charge in [-0.15, -0.1) is 0 Å². The first-order valence-corrected chi connectivity index (χ1v) is 6.99. The molecule has 0 saturated carbocycles. The fourth-order valence-electron chi connectivity index (χ4n) is 3.11. The lowest BCUT2D eigenvalue weighted by molar-refractivity contribution is -0.151. The predicted octanol–water partition coefficient (Wildman–Crippen LogP) is 0.219. The number of carbonyl (C=O) groups is 1. The third-order valence-corrected chi connectivity index (χ3v) is 4.35. The molecule has 2 aliphatic heterocycles. The van der Waals surface area contributed by atoms with E-state index in [0.29, 0.717) is 12.6 Å². The van der Waals surface area contributed by atoms with E-state index in [1.807, 2.05) is 0 Å². The van der Waals surface area contributed by atoms with Crippen molar-refractivity contribution in [1.82, 2.24) is 15.1 Å². The Hall–Kier alpha value is -0.650. The predicted molar refractivity (Wildman–Crippen MR) is 70.8 cm³/mol. The highest BCUT2D eigenvalue weighted by Gasteiger charge is 2.49. The van der Waals surface area contributed by atoms with Crippen molar-refractivity contribution in [2.24, 2.45) is 0 Å². The van der Waals surface area contributed by atoms with Crippen molar-refractivity contribution in [2.45, 2.75) is 38.3 Å². The number of carboxylic acid groups (broad SMARTS) is 1. The molecule has 2 rings (SSSR count). The lowest BCUT2D eigenvalue weighted by Crippen LogP contribution is -2.57. The third-order valence-electron chi connectivity index (χ3n) is 4.35. The van der Waals surface area contributed by atoms with Crippen LogP contribution in [0.5, 0.6) is 0 Å². The first kappa shape index (κ1) is 13.8. The van der Waals surface area contributed by atoms with Crippen LogP contribution in [0.15, 0.2) is 0 Å². The highest BCUT2D eigenvalue weighted by molar-refractivity contribution is 5.79. The average Bonchev–Trinajstić information content (AvgIpc) is 2.61. The second kappa shape index (κ2) is 5.55. The van der Waals surface area contributed by atoms with Gasteiger partial charge in [0.15, 0.2) is 0 Å². The summed E-state index contributed by atoms with van der Waals surface area (Å²) in [6.07, 6.45) is 1.79. The smallest absolute Gasteiger partial charge is 0.325 e. The summed E-state index contributed by atoms with van der Waals surface area (Å²) in [6, 6.07) is 0.427. The molecule has 0 aromatic rings. The topological polar surface area (TPSA) is 55.8 Å². The van der Waals surface area contributed by atoms with Gasteiger partial charge in [0.1, 0.15) is 5.54 Å². The lowest BCUT2D eigenvalue weighted by Gasteiger charge is -2.37. The van der Waals surface area contributed by atoms with Gasteiger partial charge in [0.2, 0.25) is 0 Å². The Morgan fingerprint density at radius 2 is 2.06 bits per heavy atom. The Morgan fingerprint density at radius 3 is 2.67 bits per heavy atom. The van der Waals surface area contributed by atoms with Crippen molar-refractivity contribution in [3.63, 3.8) is 0 Å². The zero-order chi connectivity index (χ0) is 13.2. The molecule has 0 bridgehead atoms. The van der Waals surface area contributed by atoms with Gasteiger partial charge in [-0.3, -0.25) is 14.6 Å². The summed E-state index contributed by atoms with van der Waals surface area (Å²) in [5, 5.41) is 13.1. The van der Waals surface area contributed by atoms with Crippen LogP contribution in [0.3, 0.4) is 0 Å². The number of hydrogen-bond donors (Lipinski definition) is 2. The van der Waals surface area contributed by atoms with E-state index in [1.54, 1.807) is 0 Å². The monoisotopic (exact) mass is 255 g/mol. The van der Waals surface area contributed by atoms with Crippen molar-refractivity contribution in [1.29, 1.82) is 0 Å². The second-order valence-corrected chi connectivity index (χ2v) is 5.74. The van der Waals surface area contributed by atoms with E-state index in [0.717, 1.165) is 45.6 Å². The number of nitrogens with zero attached hydrogens (tertiary/aromatic N) is 2. The first-order chi connectivity index (χ1) is 8.56. The SMILES string of the molecule is CC(C)N1CCC(C(=O)O)(N2CCCNCC2)C1. The summed E-state index contributed by atoms with van der Waals surface area (Å²) < 4.78 is 0. The minimum Gasteiger partial charge on any atom is -0.480 e. The van der Waals surface area contributed by atoms with Gasteiger partial charge in [0.25, 0.3) is 0 Å². The molecule has 0 aromatic carbocycles. The van der Waals surface area contributed by atoms with Crippen molar-refractivity contribution < 1.29 is 9.90 Å². The highest BCUT2D eigenvalue weighted by atomic mass is 16.4. The second-order valence-electron chi connectivity index (χ2n) is 5.74. The largest absolute Gasteiger partial charge is 0.480 e. The molecule has 1 atom stereocenters.